The maximum Gasteiger partial charge on any atom is 0.270 e. The quantitative estimate of drug-likeness (QED) is 0.601. The molecule has 0 spiro atoms. The van der Waals surface area contributed by atoms with Crippen LogP contribution in [0.1, 0.15) is 5.56 Å². The summed E-state index contributed by atoms with van der Waals surface area (Å²) in [6, 6.07) is 8.93. The first-order valence-corrected chi connectivity index (χ1v) is 9.74. The molecule has 0 aromatic heterocycles. The molecular weight excluding hydrogens is 380 g/mol. The number of non-ortho nitro benzene ring substituents is 1. The lowest BCUT2D eigenvalue weighted by Gasteiger charge is -2.31. The maximum absolute atomic E-state index is 13.8. The van der Waals surface area contributed by atoms with Crippen molar-refractivity contribution in [3.63, 3.8) is 0 Å². The number of quaternary nitrogens is 1. The van der Waals surface area contributed by atoms with Crippen molar-refractivity contribution in [1.29, 1.82) is 0 Å². The molecule has 1 saturated heterocycles. The summed E-state index contributed by atoms with van der Waals surface area (Å²) in [4.78, 5) is 11.0. The molecule has 1 heterocycles. The van der Waals surface area contributed by atoms with Crippen molar-refractivity contribution in [3.05, 3.63) is 69.8 Å². The Morgan fingerprint density at radius 2 is 1.78 bits per heavy atom. The Kier molecular flexibility index (Phi) is 5.49. The first-order chi connectivity index (χ1) is 12.8. The summed E-state index contributed by atoms with van der Waals surface area (Å²) in [6.07, 6.45) is 0. The van der Waals surface area contributed by atoms with E-state index in [-0.39, 0.29) is 35.8 Å². The lowest BCUT2D eigenvalue weighted by molar-refractivity contribution is -0.917. The number of nitro benzene ring substituents is 1. The molecule has 10 heteroatoms. The zero-order chi connectivity index (χ0) is 19.6. The molecule has 3 rings (SSSR count). The zero-order valence-electron chi connectivity index (χ0n) is 14.3. The lowest BCUT2D eigenvalue weighted by Crippen LogP contribution is -3.13. The van der Waals surface area contributed by atoms with Crippen LogP contribution in [0, 0.1) is 21.7 Å². The molecule has 1 N–H and O–H groups in total. The van der Waals surface area contributed by atoms with Crippen LogP contribution in [0.15, 0.2) is 47.4 Å². The number of piperazine rings is 1. The van der Waals surface area contributed by atoms with Gasteiger partial charge in [-0.15, -0.1) is 0 Å². The van der Waals surface area contributed by atoms with Crippen LogP contribution in [-0.4, -0.2) is 43.8 Å². The van der Waals surface area contributed by atoms with E-state index in [0.717, 1.165) is 17.0 Å². The first-order valence-electron chi connectivity index (χ1n) is 8.30. The van der Waals surface area contributed by atoms with Gasteiger partial charge in [-0.25, -0.2) is 17.2 Å². The summed E-state index contributed by atoms with van der Waals surface area (Å²) in [5.74, 6) is -1.78. The number of sulfonamides is 1. The minimum absolute atomic E-state index is 0.128. The highest BCUT2D eigenvalue weighted by atomic mass is 32.2. The summed E-state index contributed by atoms with van der Waals surface area (Å²) in [5, 5.41) is 10.9. The molecule has 0 bridgehead atoms. The molecule has 1 aliphatic rings. The minimum Gasteiger partial charge on any atom is -0.329 e. The third kappa shape index (κ3) is 4.12. The van der Waals surface area contributed by atoms with Crippen LogP contribution in [0.3, 0.4) is 0 Å². The van der Waals surface area contributed by atoms with Gasteiger partial charge in [0.25, 0.3) is 5.69 Å². The highest BCUT2D eigenvalue weighted by molar-refractivity contribution is 7.89. The predicted octanol–water partition coefficient (Wildman–Crippen LogP) is 0.962. The predicted molar refractivity (Wildman–Crippen MR) is 92.6 cm³/mol. The van der Waals surface area contributed by atoms with Gasteiger partial charge in [0, 0.05) is 17.7 Å². The van der Waals surface area contributed by atoms with Crippen molar-refractivity contribution in [2.45, 2.75) is 11.4 Å². The molecule has 27 heavy (non-hydrogen) atoms. The second kappa shape index (κ2) is 7.67. The Morgan fingerprint density at radius 3 is 2.44 bits per heavy atom. The topological polar surface area (TPSA) is 85.0 Å². The van der Waals surface area contributed by atoms with Crippen LogP contribution >= 0.6 is 0 Å². The Labute approximate surface area is 155 Å². The monoisotopic (exact) mass is 398 g/mol. The van der Waals surface area contributed by atoms with E-state index in [1.165, 1.54) is 34.6 Å². The van der Waals surface area contributed by atoms with E-state index in [1.54, 1.807) is 0 Å². The van der Waals surface area contributed by atoms with Gasteiger partial charge >= 0.3 is 0 Å². The van der Waals surface area contributed by atoms with Gasteiger partial charge < -0.3 is 4.90 Å². The number of nitrogens with zero attached hydrogens (tertiary/aromatic N) is 2. The fourth-order valence-electron chi connectivity index (χ4n) is 3.08. The van der Waals surface area contributed by atoms with Crippen molar-refractivity contribution in [3.8, 4) is 0 Å². The highest BCUT2D eigenvalue weighted by Crippen LogP contribution is 2.21. The van der Waals surface area contributed by atoms with Gasteiger partial charge in [-0.3, -0.25) is 10.1 Å². The molecular formula is C17H18F2N3O4S+. The van der Waals surface area contributed by atoms with Crippen molar-refractivity contribution in [2.75, 3.05) is 26.2 Å². The zero-order valence-corrected chi connectivity index (χ0v) is 15.1. The Balaban J connectivity index is 1.68. The van der Waals surface area contributed by atoms with E-state index < -0.39 is 26.6 Å². The highest BCUT2D eigenvalue weighted by Gasteiger charge is 2.31. The Morgan fingerprint density at radius 1 is 1.11 bits per heavy atom. The molecule has 1 aliphatic heterocycles. The van der Waals surface area contributed by atoms with Crippen molar-refractivity contribution in [2.24, 2.45) is 0 Å². The van der Waals surface area contributed by atoms with Gasteiger partial charge in [-0.05, 0) is 12.1 Å². The van der Waals surface area contributed by atoms with Crippen molar-refractivity contribution in [1.82, 2.24) is 4.31 Å². The number of hydrogen-bond donors (Lipinski definition) is 1. The fraction of sp³-hybridized carbons (Fsp3) is 0.294. The van der Waals surface area contributed by atoms with Crippen LogP contribution < -0.4 is 4.90 Å². The van der Waals surface area contributed by atoms with Crippen LogP contribution in [0.2, 0.25) is 0 Å². The Hall–Kier alpha value is -2.43. The number of halogens is 2. The van der Waals surface area contributed by atoms with Gasteiger partial charge in [0.05, 0.1) is 36.0 Å². The number of rotatable bonds is 5. The van der Waals surface area contributed by atoms with E-state index in [4.69, 9.17) is 0 Å². The molecule has 0 aliphatic carbocycles. The summed E-state index contributed by atoms with van der Waals surface area (Å²) in [6.45, 7) is 1.48. The second-order valence-corrected chi connectivity index (χ2v) is 8.24. The molecule has 0 atom stereocenters. The molecule has 2 aromatic carbocycles. The summed E-state index contributed by atoms with van der Waals surface area (Å²) < 4.78 is 53.8. The van der Waals surface area contributed by atoms with Gasteiger partial charge in [-0.2, -0.15) is 4.31 Å². The standard InChI is InChI=1S/C17H17F2N3O4S/c18-16-6-1-3-13(17(16)19)12-20-7-9-21(10-8-20)27(25,26)15-5-2-4-14(11-15)22(23)24/h1-6,11H,7-10,12H2/p+1. The second-order valence-electron chi connectivity index (χ2n) is 6.30. The van der Waals surface area contributed by atoms with E-state index >= 15 is 0 Å². The summed E-state index contributed by atoms with van der Waals surface area (Å²) in [7, 11) is -3.85. The molecule has 2 aromatic rings. The number of nitrogens with one attached hydrogen (secondary N) is 1. The third-order valence-corrected chi connectivity index (χ3v) is 6.46. The number of benzene rings is 2. The first kappa shape index (κ1) is 19.3. The van der Waals surface area contributed by atoms with Gasteiger partial charge in [0.1, 0.15) is 6.54 Å². The summed E-state index contributed by atoms with van der Waals surface area (Å²) >= 11 is 0. The molecule has 0 unspecified atom stereocenters. The summed E-state index contributed by atoms with van der Waals surface area (Å²) in [5.41, 5.74) is -0.0399. The minimum atomic E-state index is -3.85. The molecule has 0 radical (unpaired) electrons. The SMILES string of the molecule is O=[N+]([O-])c1cccc(S(=O)(=O)N2CC[NH+](Cc3cccc(F)c3F)CC2)c1. The van der Waals surface area contributed by atoms with E-state index in [9.17, 15) is 27.3 Å². The number of hydrogen-bond acceptors (Lipinski definition) is 4. The van der Waals surface area contributed by atoms with Crippen LogP contribution in [0.25, 0.3) is 0 Å². The van der Waals surface area contributed by atoms with E-state index in [1.807, 2.05) is 0 Å². The van der Waals surface area contributed by atoms with E-state index in [0.29, 0.717) is 13.1 Å². The van der Waals surface area contributed by atoms with Gasteiger partial charge in [0.15, 0.2) is 11.6 Å². The third-order valence-electron chi connectivity index (χ3n) is 4.57. The molecule has 0 saturated carbocycles. The normalized spacial score (nSPS) is 16.4. The van der Waals surface area contributed by atoms with Crippen LogP contribution in [0.5, 0.6) is 0 Å². The smallest absolute Gasteiger partial charge is 0.270 e. The van der Waals surface area contributed by atoms with Crippen molar-refractivity contribution < 1.29 is 27.0 Å². The molecule has 144 valence electrons. The largest absolute Gasteiger partial charge is 0.329 e. The van der Waals surface area contributed by atoms with Crippen LogP contribution in [-0.2, 0) is 16.6 Å². The average molecular weight is 398 g/mol. The average Bonchev–Trinajstić information content (AvgIpc) is 2.66. The van der Waals surface area contributed by atoms with Gasteiger partial charge in [-0.1, -0.05) is 18.2 Å². The maximum atomic E-state index is 13.8. The molecule has 1 fully saturated rings. The lowest BCUT2D eigenvalue weighted by atomic mass is 10.2. The van der Waals surface area contributed by atoms with E-state index in [2.05, 4.69) is 0 Å². The Bertz CT molecular complexity index is 960. The van der Waals surface area contributed by atoms with Gasteiger partial charge in [0.2, 0.25) is 10.0 Å². The van der Waals surface area contributed by atoms with Crippen molar-refractivity contribution >= 4 is 15.7 Å². The molecule has 0 amide bonds. The fourth-order valence-corrected chi connectivity index (χ4v) is 4.56. The van der Waals surface area contributed by atoms with Crippen LogP contribution in [0.4, 0.5) is 14.5 Å². The number of nitro groups is 1. The molecule has 7 nitrogen and oxygen atoms in total.